The molecule has 6 heteroatoms. The van der Waals surface area contributed by atoms with Gasteiger partial charge < -0.3 is 19.7 Å². The van der Waals surface area contributed by atoms with Crippen LogP contribution in [0.3, 0.4) is 0 Å². The van der Waals surface area contributed by atoms with Crippen molar-refractivity contribution in [3.05, 3.63) is 36.0 Å². The Labute approximate surface area is 116 Å². The Morgan fingerprint density at radius 2 is 2.20 bits per heavy atom. The Morgan fingerprint density at radius 3 is 2.95 bits per heavy atom. The molecule has 6 nitrogen and oxygen atoms in total. The number of benzene rings is 1. The number of hydrogen-bond donors (Lipinski definition) is 1. The van der Waals surface area contributed by atoms with Gasteiger partial charge in [0.05, 0.1) is 17.9 Å². The van der Waals surface area contributed by atoms with Crippen LogP contribution in [0.25, 0.3) is 5.69 Å². The summed E-state index contributed by atoms with van der Waals surface area (Å²) in [6.45, 7) is 1.98. The lowest BCUT2D eigenvalue weighted by molar-refractivity contribution is -0.677. The molecule has 0 aliphatic carbocycles. The predicted octanol–water partition coefficient (Wildman–Crippen LogP) is 0.293. The van der Waals surface area contributed by atoms with Crippen LogP contribution in [0.5, 0.6) is 5.95 Å². The van der Waals surface area contributed by atoms with Crippen molar-refractivity contribution in [2.24, 2.45) is 0 Å². The normalized spacial score (nSPS) is 18.5. The Hall–Kier alpha value is -1.92. The van der Waals surface area contributed by atoms with Crippen LogP contribution in [0, 0.1) is 0 Å². The highest BCUT2D eigenvalue weighted by Crippen LogP contribution is 2.12. The number of aromatic nitrogens is 2. The van der Waals surface area contributed by atoms with Gasteiger partial charge >= 0.3 is 0 Å². The smallest absolute Gasteiger partial charge is 0.253 e. The second-order valence-electron chi connectivity index (χ2n) is 4.82. The quantitative estimate of drug-likeness (QED) is 0.794. The van der Waals surface area contributed by atoms with Gasteiger partial charge in [0.25, 0.3) is 5.69 Å². The van der Waals surface area contributed by atoms with Gasteiger partial charge in [-0.25, -0.2) is 0 Å². The van der Waals surface area contributed by atoms with E-state index in [1.807, 2.05) is 30.3 Å². The number of para-hydroxylation sites is 1. The van der Waals surface area contributed by atoms with Crippen molar-refractivity contribution in [1.29, 1.82) is 0 Å². The molecule has 1 N–H and O–H groups in total. The highest BCUT2D eigenvalue weighted by Gasteiger charge is 2.21. The van der Waals surface area contributed by atoms with E-state index < -0.39 is 5.95 Å². The Kier molecular flexibility index (Phi) is 3.94. The van der Waals surface area contributed by atoms with E-state index in [9.17, 15) is 5.11 Å². The lowest BCUT2D eigenvalue weighted by Gasteiger charge is -2.09. The SMILES string of the molecule is [O-]c1on[n+](-c2ccccc2)c1CNCC1CCCO1. The van der Waals surface area contributed by atoms with Crippen LogP contribution in [0.1, 0.15) is 18.5 Å². The molecule has 2 aromatic rings. The average Bonchev–Trinajstić information content (AvgIpc) is 3.11. The number of rotatable bonds is 5. The molecule has 2 heterocycles. The summed E-state index contributed by atoms with van der Waals surface area (Å²) in [4.78, 5) is 0. The van der Waals surface area contributed by atoms with Gasteiger partial charge in [0.15, 0.2) is 5.95 Å². The van der Waals surface area contributed by atoms with Crippen molar-refractivity contribution in [1.82, 2.24) is 10.6 Å². The first-order valence-electron chi connectivity index (χ1n) is 6.80. The van der Waals surface area contributed by atoms with Gasteiger partial charge in [-0.2, -0.15) is 0 Å². The monoisotopic (exact) mass is 275 g/mol. The second-order valence-corrected chi connectivity index (χ2v) is 4.82. The molecular weight excluding hydrogens is 258 g/mol. The minimum absolute atomic E-state index is 0.245. The van der Waals surface area contributed by atoms with Crippen LogP contribution in [-0.2, 0) is 11.3 Å². The maximum absolute atomic E-state index is 11.7. The predicted molar refractivity (Wildman–Crippen MR) is 68.2 cm³/mol. The van der Waals surface area contributed by atoms with Gasteiger partial charge in [-0.05, 0) is 17.5 Å². The van der Waals surface area contributed by atoms with Crippen LogP contribution in [0.2, 0.25) is 0 Å². The Bertz CT molecular complexity index is 550. The third-order valence-corrected chi connectivity index (χ3v) is 3.39. The summed E-state index contributed by atoms with van der Waals surface area (Å²) in [5.74, 6) is -0.409. The molecular formula is C14H17N3O3. The second kappa shape index (κ2) is 6.02. The van der Waals surface area contributed by atoms with E-state index in [1.165, 1.54) is 4.68 Å². The zero-order valence-corrected chi connectivity index (χ0v) is 11.1. The largest absolute Gasteiger partial charge is 0.539 e. The summed E-state index contributed by atoms with van der Waals surface area (Å²) >= 11 is 0. The lowest BCUT2D eigenvalue weighted by Crippen LogP contribution is -2.39. The van der Waals surface area contributed by atoms with E-state index >= 15 is 0 Å². The first-order valence-corrected chi connectivity index (χ1v) is 6.80. The molecule has 1 atom stereocenters. The summed E-state index contributed by atoms with van der Waals surface area (Å²) in [6, 6.07) is 9.46. The lowest BCUT2D eigenvalue weighted by atomic mass is 10.2. The summed E-state index contributed by atoms with van der Waals surface area (Å²) in [5.41, 5.74) is 1.31. The molecule has 0 bridgehead atoms. The van der Waals surface area contributed by atoms with Crippen LogP contribution in [-0.4, -0.2) is 24.5 Å². The zero-order valence-electron chi connectivity index (χ0n) is 11.1. The van der Waals surface area contributed by atoms with Crippen molar-refractivity contribution >= 4 is 0 Å². The van der Waals surface area contributed by atoms with Crippen LogP contribution in [0.15, 0.2) is 34.9 Å². The topological polar surface area (TPSA) is 74.2 Å². The minimum atomic E-state index is -0.409. The number of ether oxygens (including phenoxy) is 1. The first kappa shape index (κ1) is 13.1. The summed E-state index contributed by atoms with van der Waals surface area (Å²) in [5, 5.41) is 18.7. The van der Waals surface area contributed by atoms with Gasteiger partial charge in [-0.3, -0.25) is 0 Å². The zero-order chi connectivity index (χ0) is 13.8. The Balaban J connectivity index is 1.68. The fourth-order valence-corrected chi connectivity index (χ4v) is 2.34. The average molecular weight is 275 g/mol. The van der Waals surface area contributed by atoms with Gasteiger partial charge in [0.1, 0.15) is 0 Å². The molecule has 1 aromatic carbocycles. The van der Waals surface area contributed by atoms with E-state index in [0.29, 0.717) is 12.2 Å². The molecule has 0 saturated carbocycles. The fraction of sp³-hybridized carbons (Fsp3) is 0.429. The van der Waals surface area contributed by atoms with Crippen LogP contribution < -0.4 is 15.1 Å². The van der Waals surface area contributed by atoms with Crippen molar-refractivity contribution in [3.8, 4) is 11.6 Å². The fourth-order valence-electron chi connectivity index (χ4n) is 2.34. The number of nitrogens with one attached hydrogen (secondary N) is 1. The maximum Gasteiger partial charge on any atom is 0.253 e. The van der Waals surface area contributed by atoms with E-state index in [-0.39, 0.29) is 6.10 Å². The summed E-state index contributed by atoms with van der Waals surface area (Å²) < 4.78 is 11.8. The summed E-state index contributed by atoms with van der Waals surface area (Å²) in [6.07, 6.45) is 2.42. The molecule has 1 unspecified atom stereocenters. The van der Waals surface area contributed by atoms with Gasteiger partial charge in [0.2, 0.25) is 5.69 Å². The van der Waals surface area contributed by atoms with Crippen molar-refractivity contribution < 1.29 is 19.0 Å². The van der Waals surface area contributed by atoms with Crippen LogP contribution in [0.4, 0.5) is 0 Å². The van der Waals surface area contributed by atoms with E-state index in [2.05, 4.69) is 10.6 Å². The molecule has 0 amide bonds. The molecule has 20 heavy (non-hydrogen) atoms. The van der Waals surface area contributed by atoms with Gasteiger partial charge in [-0.1, -0.05) is 18.2 Å². The van der Waals surface area contributed by atoms with Crippen LogP contribution >= 0.6 is 0 Å². The maximum atomic E-state index is 11.7. The van der Waals surface area contributed by atoms with Crippen molar-refractivity contribution in [2.45, 2.75) is 25.5 Å². The molecule has 106 valence electrons. The van der Waals surface area contributed by atoms with E-state index in [0.717, 1.165) is 31.7 Å². The minimum Gasteiger partial charge on any atom is -0.539 e. The van der Waals surface area contributed by atoms with Gasteiger partial charge in [0, 0.05) is 25.3 Å². The molecule has 1 aliphatic rings. The van der Waals surface area contributed by atoms with Crippen molar-refractivity contribution in [2.75, 3.05) is 13.2 Å². The first-order chi connectivity index (χ1) is 9.84. The number of hydrogen-bond acceptors (Lipinski definition) is 5. The molecule has 0 spiro atoms. The molecule has 1 saturated heterocycles. The molecule has 1 aromatic heterocycles. The molecule has 1 aliphatic heterocycles. The van der Waals surface area contributed by atoms with E-state index in [4.69, 9.17) is 9.26 Å². The highest BCUT2D eigenvalue weighted by molar-refractivity contribution is 5.22. The standard InChI is InChI=1S/C14H17N3O3/c18-14-13(10-15-9-12-7-4-8-19-12)17(16-20-14)11-5-2-1-3-6-11/h1-3,5-6,12,15H,4,7-10H2. The van der Waals surface area contributed by atoms with Gasteiger partial charge in [-0.15, -0.1) is 0 Å². The highest BCUT2D eigenvalue weighted by atomic mass is 16.6. The molecule has 1 fully saturated rings. The third kappa shape index (κ3) is 2.81. The molecule has 0 radical (unpaired) electrons. The third-order valence-electron chi connectivity index (χ3n) is 3.39. The van der Waals surface area contributed by atoms with Crippen molar-refractivity contribution in [3.63, 3.8) is 0 Å². The summed E-state index contributed by atoms with van der Waals surface area (Å²) in [7, 11) is 0. The Morgan fingerprint density at radius 1 is 1.35 bits per heavy atom. The van der Waals surface area contributed by atoms with E-state index in [1.54, 1.807) is 0 Å². The number of nitrogens with zero attached hydrogens (tertiary/aromatic N) is 2. The molecule has 3 rings (SSSR count).